The summed E-state index contributed by atoms with van der Waals surface area (Å²) in [4.78, 5) is 20.4. The molecule has 34 heavy (non-hydrogen) atoms. The standard InChI is InChI=1S/C22H25FN6.C2H6O2S/c1-15(17-2-4-18(23)5-3-17)8-21-27-19(9-20-12-25-6-7-26-20)10-22(28-21)29-13-16(11-24)14-29;1-2-5(3)4/h2-7,10,12,15-16H,8-9,11,13-14,24H2,1H3;2H2,1H3,(H,3,4)/p-1/t15-;/m1./s1. The molecule has 0 amide bonds. The van der Waals surface area contributed by atoms with Crippen molar-refractivity contribution in [2.75, 3.05) is 30.3 Å². The van der Waals surface area contributed by atoms with Crippen molar-refractivity contribution < 1.29 is 13.2 Å². The van der Waals surface area contributed by atoms with E-state index in [1.165, 1.54) is 12.1 Å². The lowest BCUT2D eigenvalue weighted by atomic mass is 9.97. The van der Waals surface area contributed by atoms with E-state index in [0.717, 1.165) is 41.7 Å². The Morgan fingerprint density at radius 2 is 1.91 bits per heavy atom. The van der Waals surface area contributed by atoms with Gasteiger partial charge in [-0.05, 0) is 30.2 Å². The van der Waals surface area contributed by atoms with Crippen LogP contribution >= 0.6 is 0 Å². The minimum Gasteiger partial charge on any atom is -0.772 e. The molecule has 182 valence electrons. The molecule has 4 rings (SSSR count). The quantitative estimate of drug-likeness (QED) is 0.483. The minimum atomic E-state index is -1.82. The Hall–Kier alpha value is -2.82. The van der Waals surface area contributed by atoms with Crippen molar-refractivity contribution in [3.05, 3.63) is 77.5 Å². The van der Waals surface area contributed by atoms with Gasteiger partial charge in [0.1, 0.15) is 17.5 Å². The van der Waals surface area contributed by atoms with Crippen molar-refractivity contribution in [3.8, 4) is 0 Å². The molecule has 8 nitrogen and oxygen atoms in total. The Kier molecular flexibility index (Phi) is 9.55. The van der Waals surface area contributed by atoms with Crippen molar-refractivity contribution in [2.24, 2.45) is 11.7 Å². The predicted molar refractivity (Wildman–Crippen MR) is 130 cm³/mol. The molecule has 1 unspecified atom stereocenters. The molecule has 1 aliphatic heterocycles. The third kappa shape index (κ3) is 7.61. The number of halogens is 1. The molecule has 0 aliphatic carbocycles. The van der Waals surface area contributed by atoms with Crippen molar-refractivity contribution in [1.29, 1.82) is 0 Å². The van der Waals surface area contributed by atoms with Crippen LogP contribution in [0.15, 0.2) is 48.9 Å². The van der Waals surface area contributed by atoms with Gasteiger partial charge in [-0.2, -0.15) is 0 Å². The highest BCUT2D eigenvalue weighted by Gasteiger charge is 2.27. The number of benzene rings is 1. The maximum Gasteiger partial charge on any atom is 0.132 e. The molecule has 3 heterocycles. The van der Waals surface area contributed by atoms with Crippen LogP contribution in [0.2, 0.25) is 0 Å². The summed E-state index contributed by atoms with van der Waals surface area (Å²) in [5, 5.41) is 0. The second kappa shape index (κ2) is 12.6. The second-order valence-corrected chi connectivity index (χ2v) is 9.45. The number of anilines is 1. The molecule has 10 heteroatoms. The van der Waals surface area contributed by atoms with Crippen LogP contribution in [0.3, 0.4) is 0 Å². The molecule has 1 saturated heterocycles. The van der Waals surface area contributed by atoms with Crippen LogP contribution in [-0.2, 0) is 23.9 Å². The molecule has 0 saturated carbocycles. The Balaban J connectivity index is 0.000000588. The van der Waals surface area contributed by atoms with Crippen molar-refractivity contribution in [3.63, 3.8) is 0 Å². The molecule has 0 spiro atoms. The number of aromatic nitrogens is 4. The van der Waals surface area contributed by atoms with Gasteiger partial charge in [-0.1, -0.05) is 37.1 Å². The summed E-state index contributed by atoms with van der Waals surface area (Å²) >= 11 is -1.82. The first-order valence-electron chi connectivity index (χ1n) is 11.3. The van der Waals surface area contributed by atoms with Gasteiger partial charge in [-0.15, -0.1) is 0 Å². The fourth-order valence-corrected chi connectivity index (χ4v) is 3.58. The third-order valence-electron chi connectivity index (χ3n) is 5.57. The van der Waals surface area contributed by atoms with Gasteiger partial charge in [-0.3, -0.25) is 14.2 Å². The summed E-state index contributed by atoms with van der Waals surface area (Å²) in [6.07, 6.45) is 6.40. The van der Waals surface area contributed by atoms with Gasteiger partial charge in [0.15, 0.2) is 0 Å². The highest BCUT2D eigenvalue weighted by atomic mass is 32.2. The fraction of sp³-hybridized carbons (Fsp3) is 0.417. The highest BCUT2D eigenvalue weighted by molar-refractivity contribution is 7.79. The van der Waals surface area contributed by atoms with Crippen molar-refractivity contribution in [2.45, 2.75) is 32.6 Å². The molecule has 1 fully saturated rings. The number of rotatable bonds is 8. The smallest absolute Gasteiger partial charge is 0.132 e. The summed E-state index contributed by atoms with van der Waals surface area (Å²) in [7, 11) is 0. The molecule has 0 radical (unpaired) electrons. The minimum absolute atomic E-state index is 0.184. The van der Waals surface area contributed by atoms with Gasteiger partial charge < -0.3 is 15.2 Å². The second-order valence-electron chi connectivity index (χ2n) is 8.26. The SMILES string of the molecule is CCS(=O)[O-].C[C@H](Cc1nc(Cc2cnccn2)cc(N2CC(CN)C2)n1)c1ccc(F)cc1. The van der Waals surface area contributed by atoms with Crippen LogP contribution < -0.4 is 10.6 Å². The van der Waals surface area contributed by atoms with E-state index in [1.807, 2.05) is 18.2 Å². The van der Waals surface area contributed by atoms with Crippen LogP contribution in [0, 0.1) is 11.7 Å². The van der Waals surface area contributed by atoms with Crippen molar-refractivity contribution in [1.82, 2.24) is 19.9 Å². The molecule has 1 aromatic carbocycles. The highest BCUT2D eigenvalue weighted by Crippen LogP contribution is 2.25. The zero-order valence-corrected chi connectivity index (χ0v) is 20.2. The van der Waals surface area contributed by atoms with E-state index < -0.39 is 11.1 Å². The average Bonchev–Trinajstić information content (AvgIpc) is 2.80. The Bertz CT molecular complexity index is 1060. The monoisotopic (exact) mass is 485 g/mol. The first-order chi connectivity index (χ1) is 16.4. The van der Waals surface area contributed by atoms with E-state index in [9.17, 15) is 13.2 Å². The lowest BCUT2D eigenvalue weighted by Crippen LogP contribution is -2.50. The maximum absolute atomic E-state index is 13.2. The number of nitrogens with zero attached hydrogens (tertiary/aromatic N) is 5. The summed E-state index contributed by atoms with van der Waals surface area (Å²) < 4.78 is 32.0. The zero-order valence-electron chi connectivity index (χ0n) is 19.4. The van der Waals surface area contributed by atoms with Gasteiger partial charge >= 0.3 is 0 Å². The van der Waals surface area contributed by atoms with E-state index in [0.29, 0.717) is 25.3 Å². The largest absolute Gasteiger partial charge is 0.772 e. The Morgan fingerprint density at radius 3 is 2.50 bits per heavy atom. The zero-order chi connectivity index (χ0) is 24.5. The Labute approximate surface area is 202 Å². The number of hydrogen-bond donors (Lipinski definition) is 1. The first-order valence-corrected chi connectivity index (χ1v) is 12.5. The molecule has 2 N–H and O–H groups in total. The van der Waals surface area contributed by atoms with Gasteiger partial charge in [0, 0.05) is 62.3 Å². The molecular weight excluding hydrogens is 455 g/mol. The summed E-state index contributed by atoms with van der Waals surface area (Å²) in [5.74, 6) is 2.43. The van der Waals surface area contributed by atoms with Crippen LogP contribution in [0.4, 0.5) is 10.2 Å². The number of nitrogens with two attached hydrogens (primary N) is 1. The average molecular weight is 486 g/mol. The van der Waals surface area contributed by atoms with Crippen LogP contribution in [-0.4, -0.2) is 54.1 Å². The Morgan fingerprint density at radius 1 is 1.21 bits per heavy atom. The first kappa shape index (κ1) is 25.8. The molecule has 2 aromatic heterocycles. The lowest BCUT2D eigenvalue weighted by Gasteiger charge is -2.39. The molecular formula is C24H30FN6O2S-. The van der Waals surface area contributed by atoms with E-state index in [1.54, 1.807) is 25.5 Å². The summed E-state index contributed by atoms with van der Waals surface area (Å²) in [6.45, 7) is 6.24. The maximum atomic E-state index is 13.2. The molecule has 1 aliphatic rings. The topological polar surface area (TPSA) is 121 Å². The van der Waals surface area contributed by atoms with E-state index >= 15 is 0 Å². The third-order valence-corrected chi connectivity index (χ3v) is 6.04. The predicted octanol–water partition coefficient (Wildman–Crippen LogP) is 2.62. The summed E-state index contributed by atoms with van der Waals surface area (Å²) in [5.41, 5.74) is 8.65. The van der Waals surface area contributed by atoms with Crippen molar-refractivity contribution >= 4 is 16.9 Å². The molecule has 0 bridgehead atoms. The van der Waals surface area contributed by atoms with E-state index in [4.69, 9.17) is 15.7 Å². The van der Waals surface area contributed by atoms with E-state index in [-0.39, 0.29) is 17.5 Å². The normalized spacial score (nSPS) is 15.1. The van der Waals surface area contributed by atoms with Crippen LogP contribution in [0.1, 0.15) is 42.5 Å². The fourth-order valence-electron chi connectivity index (χ4n) is 3.58. The summed E-state index contributed by atoms with van der Waals surface area (Å²) in [6, 6.07) is 8.68. The lowest BCUT2D eigenvalue weighted by molar-refractivity contribution is 0.416. The van der Waals surface area contributed by atoms with Crippen LogP contribution in [0.5, 0.6) is 0 Å². The van der Waals surface area contributed by atoms with Gasteiger partial charge in [0.2, 0.25) is 0 Å². The molecule has 2 atom stereocenters. The van der Waals surface area contributed by atoms with Crippen LogP contribution in [0.25, 0.3) is 0 Å². The van der Waals surface area contributed by atoms with Gasteiger partial charge in [0.05, 0.1) is 11.4 Å². The number of hydrogen-bond acceptors (Lipinski definition) is 8. The van der Waals surface area contributed by atoms with Gasteiger partial charge in [0.25, 0.3) is 0 Å². The van der Waals surface area contributed by atoms with E-state index in [2.05, 4.69) is 21.8 Å². The van der Waals surface area contributed by atoms with Gasteiger partial charge in [-0.25, -0.2) is 14.4 Å². The molecule has 3 aromatic rings.